The van der Waals surface area contributed by atoms with Gasteiger partial charge in [-0.3, -0.25) is 4.79 Å². The van der Waals surface area contributed by atoms with Crippen molar-refractivity contribution in [3.8, 4) is 0 Å². The van der Waals surface area contributed by atoms with Gasteiger partial charge in [0.1, 0.15) is 0 Å². The third kappa shape index (κ3) is 4.03. The van der Waals surface area contributed by atoms with Gasteiger partial charge in [0, 0.05) is 18.0 Å². The molecule has 1 aromatic rings. The molecule has 0 bridgehead atoms. The maximum absolute atomic E-state index is 11.9. The molecule has 1 fully saturated rings. The minimum absolute atomic E-state index is 0.152. The number of amides is 1. The molecule has 0 aromatic heterocycles. The van der Waals surface area contributed by atoms with Gasteiger partial charge in [0.2, 0.25) is 0 Å². The highest BCUT2D eigenvalue weighted by atomic mass is 32.2. The first-order chi connectivity index (χ1) is 10.8. The van der Waals surface area contributed by atoms with Crippen molar-refractivity contribution < 1.29 is 9.53 Å². The van der Waals surface area contributed by atoms with Crippen molar-refractivity contribution in [3.05, 3.63) is 52.8 Å². The van der Waals surface area contributed by atoms with Gasteiger partial charge in [0.15, 0.2) is 5.17 Å². The molecule has 0 spiro atoms. The predicted octanol–water partition coefficient (Wildman–Crippen LogP) is 3.14. The minimum Gasteiger partial charge on any atom is -0.378 e. The second-order valence-corrected chi connectivity index (χ2v) is 6.68. The maximum Gasteiger partial charge on any atom is 0.286 e. The lowest BCUT2D eigenvalue weighted by molar-refractivity contribution is -0.113. The van der Waals surface area contributed by atoms with Crippen molar-refractivity contribution in [2.45, 2.75) is 4.90 Å². The van der Waals surface area contributed by atoms with Gasteiger partial charge < -0.3 is 9.64 Å². The average Bonchev–Trinajstić information content (AvgIpc) is 2.94. The van der Waals surface area contributed by atoms with E-state index in [1.54, 1.807) is 11.8 Å². The minimum atomic E-state index is -0.152. The number of carbonyl (C=O) groups is 1. The van der Waals surface area contributed by atoms with Crippen LogP contribution in [0.1, 0.15) is 0 Å². The summed E-state index contributed by atoms with van der Waals surface area (Å²) in [6, 6.07) is 10.1. The maximum atomic E-state index is 11.9. The normalized spacial score (nSPS) is 20.9. The number of rotatable bonds is 3. The highest BCUT2D eigenvalue weighted by molar-refractivity contribution is 8.18. The number of nitrogens with zero attached hydrogens (tertiary/aromatic N) is 2. The molecule has 0 unspecified atom stereocenters. The van der Waals surface area contributed by atoms with E-state index in [-0.39, 0.29) is 5.91 Å². The molecule has 6 heteroatoms. The van der Waals surface area contributed by atoms with E-state index in [0.29, 0.717) is 18.1 Å². The highest BCUT2D eigenvalue weighted by Crippen LogP contribution is 2.29. The van der Waals surface area contributed by atoms with Crippen LogP contribution in [-0.2, 0) is 9.53 Å². The number of thioether (sulfide) groups is 2. The fourth-order valence-electron chi connectivity index (χ4n) is 2.05. The Morgan fingerprint density at radius 1 is 1.23 bits per heavy atom. The Kier molecular flexibility index (Phi) is 5.37. The molecule has 22 heavy (non-hydrogen) atoms. The van der Waals surface area contributed by atoms with Crippen molar-refractivity contribution in [1.82, 2.24) is 4.90 Å². The molecule has 3 rings (SSSR count). The van der Waals surface area contributed by atoms with E-state index in [2.05, 4.69) is 22.0 Å². The van der Waals surface area contributed by atoms with Crippen LogP contribution < -0.4 is 0 Å². The third-order valence-corrected chi connectivity index (χ3v) is 5.06. The van der Waals surface area contributed by atoms with E-state index in [0.717, 1.165) is 18.3 Å². The molecular weight excluding hydrogens is 316 g/mol. The van der Waals surface area contributed by atoms with Gasteiger partial charge in [0.25, 0.3) is 5.91 Å². The fourth-order valence-corrected chi connectivity index (χ4v) is 3.59. The molecule has 2 aliphatic rings. The summed E-state index contributed by atoms with van der Waals surface area (Å²) in [6.45, 7) is 2.99. The molecule has 1 saturated heterocycles. The Hall–Kier alpha value is -1.50. The van der Waals surface area contributed by atoms with Crippen LogP contribution in [0.4, 0.5) is 0 Å². The van der Waals surface area contributed by atoms with Crippen molar-refractivity contribution in [3.63, 3.8) is 0 Å². The number of carbonyl (C=O) groups excluding carboxylic acids is 1. The summed E-state index contributed by atoms with van der Waals surface area (Å²) in [5.41, 5.74) is 0. The van der Waals surface area contributed by atoms with Gasteiger partial charge in [-0.05, 0) is 35.4 Å². The lowest BCUT2D eigenvalue weighted by Crippen LogP contribution is -2.38. The molecule has 0 radical (unpaired) electrons. The summed E-state index contributed by atoms with van der Waals surface area (Å²) in [4.78, 5) is 20.0. The van der Waals surface area contributed by atoms with Crippen LogP contribution >= 0.6 is 23.5 Å². The van der Waals surface area contributed by atoms with Crippen molar-refractivity contribution in [2.75, 3.05) is 26.3 Å². The van der Waals surface area contributed by atoms with Crippen molar-refractivity contribution in [1.29, 1.82) is 0 Å². The third-order valence-electron chi connectivity index (χ3n) is 3.16. The number of benzene rings is 1. The van der Waals surface area contributed by atoms with E-state index in [4.69, 9.17) is 4.74 Å². The first kappa shape index (κ1) is 15.4. The molecule has 0 N–H and O–H groups in total. The number of hydrogen-bond donors (Lipinski definition) is 0. The zero-order valence-electron chi connectivity index (χ0n) is 12.0. The van der Waals surface area contributed by atoms with Crippen molar-refractivity contribution in [2.24, 2.45) is 4.99 Å². The zero-order valence-corrected chi connectivity index (χ0v) is 13.6. The lowest BCUT2D eigenvalue weighted by atomic mass is 10.4. The smallest absolute Gasteiger partial charge is 0.286 e. The van der Waals surface area contributed by atoms with Gasteiger partial charge >= 0.3 is 0 Å². The molecule has 0 aliphatic carbocycles. The van der Waals surface area contributed by atoms with E-state index < -0.39 is 0 Å². The number of allylic oxidation sites excluding steroid dienone is 2. The van der Waals surface area contributed by atoms with E-state index in [9.17, 15) is 4.79 Å². The summed E-state index contributed by atoms with van der Waals surface area (Å²) in [5, 5.41) is 2.77. The van der Waals surface area contributed by atoms with Crippen molar-refractivity contribution >= 4 is 34.6 Å². The van der Waals surface area contributed by atoms with Crippen LogP contribution in [0.2, 0.25) is 0 Å². The van der Waals surface area contributed by atoms with Crippen LogP contribution in [0.5, 0.6) is 0 Å². The molecular formula is C16H16N2O2S2. The van der Waals surface area contributed by atoms with Gasteiger partial charge in [-0.15, -0.1) is 0 Å². The monoisotopic (exact) mass is 332 g/mol. The fraction of sp³-hybridized carbons (Fsp3) is 0.250. The molecule has 0 atom stereocenters. The Morgan fingerprint density at radius 2 is 2.00 bits per heavy atom. The molecule has 2 aliphatic heterocycles. The second-order valence-electron chi connectivity index (χ2n) is 4.69. The van der Waals surface area contributed by atoms with Gasteiger partial charge in [0.05, 0.1) is 18.1 Å². The number of hydrogen-bond acceptors (Lipinski definition) is 5. The standard InChI is InChI=1S/C16H16N2O2S2/c19-15-14(7-4-12-21-13-5-2-1-3-6-13)22-16(17-15)18-8-10-20-11-9-18/h1-7,12H,8-11H2. The SMILES string of the molecule is O=C1N=C(N2CCOCC2)SC1=CC=CSc1ccccc1. The molecule has 4 nitrogen and oxygen atoms in total. The number of morpholine rings is 1. The van der Waals surface area contributed by atoms with Crippen LogP contribution in [0.25, 0.3) is 0 Å². The van der Waals surface area contributed by atoms with Gasteiger partial charge in [-0.25, -0.2) is 0 Å². The topological polar surface area (TPSA) is 41.9 Å². The molecule has 1 aromatic carbocycles. The van der Waals surface area contributed by atoms with Gasteiger partial charge in [-0.2, -0.15) is 4.99 Å². The number of ether oxygens (including phenoxy) is 1. The van der Waals surface area contributed by atoms with Crippen LogP contribution in [0.3, 0.4) is 0 Å². The lowest BCUT2D eigenvalue weighted by Gasteiger charge is -2.27. The Bertz CT molecular complexity index is 620. The van der Waals surface area contributed by atoms with E-state index in [1.807, 2.05) is 35.8 Å². The summed E-state index contributed by atoms with van der Waals surface area (Å²) in [7, 11) is 0. The summed E-state index contributed by atoms with van der Waals surface area (Å²) in [5.74, 6) is -0.152. The Labute approximate surface area is 138 Å². The first-order valence-electron chi connectivity index (χ1n) is 7.05. The Balaban J connectivity index is 1.56. The van der Waals surface area contributed by atoms with Crippen LogP contribution in [0, 0.1) is 0 Å². The summed E-state index contributed by atoms with van der Waals surface area (Å²) >= 11 is 3.07. The quantitative estimate of drug-likeness (QED) is 0.628. The van der Waals surface area contributed by atoms with E-state index >= 15 is 0 Å². The number of amidine groups is 1. The van der Waals surface area contributed by atoms with Gasteiger partial charge in [-0.1, -0.05) is 36.0 Å². The molecule has 114 valence electrons. The van der Waals surface area contributed by atoms with E-state index in [1.165, 1.54) is 16.7 Å². The molecule has 1 amide bonds. The Morgan fingerprint density at radius 3 is 2.77 bits per heavy atom. The highest BCUT2D eigenvalue weighted by Gasteiger charge is 2.26. The number of aliphatic imine (C=N–C) groups is 1. The summed E-state index contributed by atoms with van der Waals surface area (Å²) in [6.07, 6.45) is 3.73. The largest absolute Gasteiger partial charge is 0.378 e. The molecule has 2 heterocycles. The zero-order chi connectivity index (χ0) is 15.2. The van der Waals surface area contributed by atoms with Crippen LogP contribution in [0.15, 0.2) is 62.7 Å². The first-order valence-corrected chi connectivity index (χ1v) is 8.74. The average molecular weight is 332 g/mol. The predicted molar refractivity (Wildman–Crippen MR) is 91.9 cm³/mol. The molecule has 0 saturated carbocycles. The summed E-state index contributed by atoms with van der Waals surface area (Å²) < 4.78 is 5.32. The van der Waals surface area contributed by atoms with Crippen LogP contribution in [-0.4, -0.2) is 42.3 Å². The second kappa shape index (κ2) is 7.67.